The number of carbonyl (C=O) groups is 1. The van der Waals surface area contributed by atoms with Gasteiger partial charge in [0.15, 0.2) is 12.4 Å². The largest absolute Gasteiger partial charge is 0.484 e. The molecule has 2 aromatic carbocycles. The Morgan fingerprint density at radius 2 is 1.95 bits per heavy atom. The molecule has 2 aromatic rings. The zero-order valence-electron chi connectivity index (χ0n) is 11.2. The number of rotatable bonds is 4. The molecule has 0 amide bonds. The van der Waals surface area contributed by atoms with E-state index in [2.05, 4.69) is 15.9 Å². The Morgan fingerprint density at radius 3 is 2.65 bits per heavy atom. The van der Waals surface area contributed by atoms with E-state index < -0.39 is 0 Å². The molecule has 4 heteroatoms. The van der Waals surface area contributed by atoms with Crippen LogP contribution in [0.2, 0.25) is 5.02 Å². The first-order chi connectivity index (χ1) is 9.47. The van der Waals surface area contributed by atoms with Crippen LogP contribution in [0, 0.1) is 13.8 Å². The predicted molar refractivity (Wildman–Crippen MR) is 84.9 cm³/mol. The van der Waals surface area contributed by atoms with Gasteiger partial charge in [0.05, 0.1) is 5.02 Å². The number of carbonyl (C=O) groups excluding carboxylic acids is 1. The molecule has 0 aliphatic carbocycles. The number of ketones is 1. The van der Waals surface area contributed by atoms with E-state index in [1.807, 2.05) is 38.1 Å². The van der Waals surface area contributed by atoms with Gasteiger partial charge in [0.1, 0.15) is 5.75 Å². The third-order valence-electron chi connectivity index (χ3n) is 2.95. The maximum atomic E-state index is 12.2. The fraction of sp³-hybridized carbons (Fsp3) is 0.188. The Bertz CT molecular complexity index is 653. The molecule has 0 aliphatic rings. The minimum Gasteiger partial charge on any atom is -0.484 e. The second-order valence-electron chi connectivity index (χ2n) is 4.60. The molecule has 0 heterocycles. The molecule has 0 aromatic heterocycles. The van der Waals surface area contributed by atoms with Gasteiger partial charge in [-0.15, -0.1) is 0 Å². The van der Waals surface area contributed by atoms with E-state index in [-0.39, 0.29) is 12.4 Å². The van der Waals surface area contributed by atoms with Gasteiger partial charge < -0.3 is 4.74 Å². The van der Waals surface area contributed by atoms with Crippen LogP contribution >= 0.6 is 27.5 Å². The summed E-state index contributed by atoms with van der Waals surface area (Å²) in [6.07, 6.45) is 0. The predicted octanol–water partition coefficient (Wildman–Crippen LogP) is 4.98. The third kappa shape index (κ3) is 3.62. The standard InChI is InChI=1S/C16H14BrClO2/c1-10-3-4-11(2)13(7-10)15(19)9-20-16-6-5-12(17)8-14(16)18/h3-8H,9H2,1-2H3. The highest BCUT2D eigenvalue weighted by atomic mass is 79.9. The summed E-state index contributed by atoms with van der Waals surface area (Å²) in [5, 5.41) is 0.480. The molecule has 104 valence electrons. The van der Waals surface area contributed by atoms with E-state index in [9.17, 15) is 4.79 Å². The molecule has 0 aliphatic heterocycles. The Labute approximate surface area is 131 Å². The van der Waals surface area contributed by atoms with Gasteiger partial charge in [-0.05, 0) is 43.7 Å². The van der Waals surface area contributed by atoms with Crippen molar-refractivity contribution < 1.29 is 9.53 Å². The summed E-state index contributed by atoms with van der Waals surface area (Å²) in [7, 11) is 0. The molecule has 2 rings (SSSR count). The highest BCUT2D eigenvalue weighted by Crippen LogP contribution is 2.27. The van der Waals surface area contributed by atoms with Crippen LogP contribution in [0.25, 0.3) is 0 Å². The van der Waals surface area contributed by atoms with Gasteiger partial charge in [-0.3, -0.25) is 4.79 Å². The molecule has 2 nitrogen and oxygen atoms in total. The molecule has 0 radical (unpaired) electrons. The minimum atomic E-state index is -0.0508. The summed E-state index contributed by atoms with van der Waals surface area (Å²) < 4.78 is 6.37. The minimum absolute atomic E-state index is 0.0222. The molecule has 0 bridgehead atoms. The smallest absolute Gasteiger partial charge is 0.200 e. The first-order valence-electron chi connectivity index (χ1n) is 6.15. The summed E-state index contributed by atoms with van der Waals surface area (Å²) in [4.78, 5) is 12.2. The van der Waals surface area contributed by atoms with Crippen molar-refractivity contribution in [1.29, 1.82) is 0 Å². The van der Waals surface area contributed by atoms with Crippen LogP contribution in [0.4, 0.5) is 0 Å². The highest BCUT2D eigenvalue weighted by Gasteiger charge is 2.11. The summed E-state index contributed by atoms with van der Waals surface area (Å²) in [5.41, 5.74) is 2.70. The van der Waals surface area contributed by atoms with Crippen LogP contribution in [-0.2, 0) is 0 Å². The number of Topliss-reactive ketones (excluding diaryl/α,β-unsaturated/α-hetero) is 1. The van der Waals surface area contributed by atoms with Gasteiger partial charge in [-0.2, -0.15) is 0 Å². The quantitative estimate of drug-likeness (QED) is 0.725. The third-order valence-corrected chi connectivity index (χ3v) is 3.73. The molecular formula is C16H14BrClO2. The molecule has 0 atom stereocenters. The van der Waals surface area contributed by atoms with Crippen molar-refractivity contribution in [3.63, 3.8) is 0 Å². The van der Waals surface area contributed by atoms with Crippen LogP contribution in [-0.4, -0.2) is 12.4 Å². The van der Waals surface area contributed by atoms with Crippen molar-refractivity contribution in [2.45, 2.75) is 13.8 Å². The zero-order chi connectivity index (χ0) is 14.7. The van der Waals surface area contributed by atoms with Gasteiger partial charge in [0.25, 0.3) is 0 Å². The summed E-state index contributed by atoms with van der Waals surface area (Å²) in [6, 6.07) is 11.1. The molecule has 0 unspecified atom stereocenters. The number of hydrogen-bond acceptors (Lipinski definition) is 2. The summed E-state index contributed by atoms with van der Waals surface area (Å²) >= 11 is 9.37. The van der Waals surface area contributed by atoms with E-state index >= 15 is 0 Å². The normalized spacial score (nSPS) is 10.4. The van der Waals surface area contributed by atoms with Crippen molar-refractivity contribution in [1.82, 2.24) is 0 Å². The molecule has 0 saturated heterocycles. The number of halogens is 2. The highest BCUT2D eigenvalue weighted by molar-refractivity contribution is 9.10. The summed E-state index contributed by atoms with van der Waals surface area (Å²) in [6.45, 7) is 3.85. The Morgan fingerprint density at radius 1 is 1.20 bits per heavy atom. The molecular weight excluding hydrogens is 340 g/mol. The van der Waals surface area contributed by atoms with Crippen LogP contribution < -0.4 is 4.74 Å². The van der Waals surface area contributed by atoms with E-state index in [0.29, 0.717) is 16.3 Å². The van der Waals surface area contributed by atoms with Crippen LogP contribution in [0.1, 0.15) is 21.5 Å². The van der Waals surface area contributed by atoms with Crippen LogP contribution in [0.3, 0.4) is 0 Å². The maximum absolute atomic E-state index is 12.2. The van der Waals surface area contributed by atoms with Gasteiger partial charge in [0.2, 0.25) is 0 Å². The lowest BCUT2D eigenvalue weighted by Gasteiger charge is -2.09. The zero-order valence-corrected chi connectivity index (χ0v) is 13.6. The average Bonchev–Trinajstić information content (AvgIpc) is 2.40. The van der Waals surface area contributed by atoms with Gasteiger partial charge in [0, 0.05) is 10.0 Å². The lowest BCUT2D eigenvalue weighted by Crippen LogP contribution is -2.13. The van der Waals surface area contributed by atoms with Crippen molar-refractivity contribution >= 4 is 33.3 Å². The lowest BCUT2D eigenvalue weighted by molar-refractivity contribution is 0.0921. The molecule has 0 spiro atoms. The van der Waals surface area contributed by atoms with Gasteiger partial charge in [-0.1, -0.05) is 45.2 Å². The number of hydrogen-bond donors (Lipinski definition) is 0. The number of aryl methyl sites for hydroxylation is 2. The second-order valence-corrected chi connectivity index (χ2v) is 5.93. The van der Waals surface area contributed by atoms with E-state index in [4.69, 9.17) is 16.3 Å². The van der Waals surface area contributed by atoms with Crippen molar-refractivity contribution in [3.05, 3.63) is 62.6 Å². The lowest BCUT2D eigenvalue weighted by atomic mass is 10.0. The topological polar surface area (TPSA) is 26.3 Å². The number of ether oxygens (including phenoxy) is 1. The van der Waals surface area contributed by atoms with Crippen molar-refractivity contribution in [3.8, 4) is 5.75 Å². The fourth-order valence-corrected chi connectivity index (χ4v) is 2.58. The second kappa shape index (κ2) is 6.42. The first-order valence-corrected chi connectivity index (χ1v) is 7.33. The monoisotopic (exact) mass is 352 g/mol. The Hall–Kier alpha value is -1.32. The van der Waals surface area contributed by atoms with Gasteiger partial charge in [-0.25, -0.2) is 0 Å². The van der Waals surface area contributed by atoms with E-state index in [0.717, 1.165) is 15.6 Å². The Kier molecular flexibility index (Phi) is 4.84. The molecule has 0 fully saturated rings. The number of benzene rings is 2. The SMILES string of the molecule is Cc1ccc(C)c(C(=O)COc2ccc(Br)cc2Cl)c1. The first kappa shape index (κ1) is 15.1. The van der Waals surface area contributed by atoms with Crippen molar-refractivity contribution in [2.75, 3.05) is 6.61 Å². The summed E-state index contributed by atoms with van der Waals surface area (Å²) in [5.74, 6) is 0.457. The van der Waals surface area contributed by atoms with Crippen LogP contribution in [0.5, 0.6) is 5.75 Å². The maximum Gasteiger partial charge on any atom is 0.200 e. The van der Waals surface area contributed by atoms with Crippen molar-refractivity contribution in [2.24, 2.45) is 0 Å². The molecule has 0 N–H and O–H groups in total. The van der Waals surface area contributed by atoms with E-state index in [1.54, 1.807) is 12.1 Å². The average molecular weight is 354 g/mol. The van der Waals surface area contributed by atoms with Crippen LogP contribution in [0.15, 0.2) is 40.9 Å². The fourth-order valence-electron chi connectivity index (χ4n) is 1.85. The molecule has 0 saturated carbocycles. The molecule has 20 heavy (non-hydrogen) atoms. The van der Waals surface area contributed by atoms with Gasteiger partial charge >= 0.3 is 0 Å². The van der Waals surface area contributed by atoms with E-state index in [1.165, 1.54) is 0 Å². The Balaban J connectivity index is 2.10.